The molecule has 4 nitrogen and oxygen atoms in total. The van der Waals surface area contributed by atoms with Gasteiger partial charge in [0.2, 0.25) is 5.91 Å². The number of carbonyl (C=O) groups excluding carboxylic acids is 1. The summed E-state index contributed by atoms with van der Waals surface area (Å²) in [5, 5.41) is 0. The highest BCUT2D eigenvalue weighted by atomic mass is 16.1. The third-order valence-corrected chi connectivity index (χ3v) is 3.42. The predicted octanol–water partition coefficient (Wildman–Crippen LogP) is 0.454. The van der Waals surface area contributed by atoms with E-state index in [9.17, 15) is 4.79 Å². The van der Waals surface area contributed by atoms with Crippen molar-refractivity contribution >= 4 is 5.91 Å². The van der Waals surface area contributed by atoms with Crippen LogP contribution in [0.25, 0.3) is 0 Å². The Kier molecular flexibility index (Phi) is 4.11. The van der Waals surface area contributed by atoms with E-state index < -0.39 is 11.4 Å². The molecule has 0 spiro atoms. The topological polar surface area (TPSA) is 72.3 Å². The van der Waals surface area contributed by atoms with Gasteiger partial charge in [-0.3, -0.25) is 4.79 Å². The summed E-state index contributed by atoms with van der Waals surface area (Å²) >= 11 is 0. The van der Waals surface area contributed by atoms with Crippen molar-refractivity contribution in [3.63, 3.8) is 0 Å². The van der Waals surface area contributed by atoms with Gasteiger partial charge >= 0.3 is 0 Å². The number of rotatable bonds is 4. The maximum atomic E-state index is 11.1. The number of carbonyl (C=O) groups is 1. The summed E-state index contributed by atoms with van der Waals surface area (Å²) in [5.41, 5.74) is 10.2. The lowest BCUT2D eigenvalue weighted by Gasteiger charge is -2.35. The van der Waals surface area contributed by atoms with E-state index in [1.54, 1.807) is 6.92 Å². The number of likely N-dealkylation sites (tertiary alicyclic amines) is 1. The van der Waals surface area contributed by atoms with Crippen molar-refractivity contribution in [2.75, 3.05) is 13.1 Å². The average Bonchev–Trinajstić information content (AvgIpc) is 2.16. The van der Waals surface area contributed by atoms with Crippen LogP contribution in [0.15, 0.2) is 0 Å². The minimum Gasteiger partial charge on any atom is -0.368 e. The zero-order valence-electron chi connectivity index (χ0n) is 9.83. The largest absolute Gasteiger partial charge is 0.368 e. The summed E-state index contributed by atoms with van der Waals surface area (Å²) in [5.74, 6) is -0.410. The van der Waals surface area contributed by atoms with E-state index in [0.717, 1.165) is 13.1 Å². The molecule has 4 N–H and O–H groups in total. The summed E-state index contributed by atoms with van der Waals surface area (Å²) in [7, 11) is 0. The van der Waals surface area contributed by atoms with Crippen molar-refractivity contribution in [3.8, 4) is 0 Å². The standard InChI is InChI=1S/C11H23N3O/c1-9-5-3-4-7-14(9)8-6-11(2,13)10(12)15/h9H,3-8,13H2,1-2H3,(H2,12,15). The van der Waals surface area contributed by atoms with Gasteiger partial charge in [0, 0.05) is 12.6 Å². The third kappa shape index (κ3) is 3.47. The smallest absolute Gasteiger partial charge is 0.237 e. The molecule has 2 unspecified atom stereocenters. The van der Waals surface area contributed by atoms with Crippen LogP contribution >= 0.6 is 0 Å². The molecule has 0 bridgehead atoms. The fourth-order valence-electron chi connectivity index (χ4n) is 1.99. The van der Waals surface area contributed by atoms with Crippen molar-refractivity contribution in [3.05, 3.63) is 0 Å². The monoisotopic (exact) mass is 213 g/mol. The van der Waals surface area contributed by atoms with Crippen molar-refractivity contribution < 1.29 is 4.79 Å². The first kappa shape index (κ1) is 12.5. The van der Waals surface area contributed by atoms with Crippen molar-refractivity contribution in [1.82, 2.24) is 4.90 Å². The van der Waals surface area contributed by atoms with Crippen molar-refractivity contribution in [1.29, 1.82) is 0 Å². The molecule has 1 saturated heterocycles. The molecule has 0 aliphatic carbocycles. The van der Waals surface area contributed by atoms with E-state index in [1.165, 1.54) is 19.3 Å². The van der Waals surface area contributed by atoms with Gasteiger partial charge in [0.15, 0.2) is 0 Å². The Morgan fingerprint density at radius 3 is 2.73 bits per heavy atom. The van der Waals surface area contributed by atoms with Crippen LogP contribution in [0.1, 0.15) is 39.5 Å². The van der Waals surface area contributed by atoms with Crippen LogP contribution in [-0.4, -0.2) is 35.5 Å². The molecule has 1 amide bonds. The maximum absolute atomic E-state index is 11.1. The van der Waals surface area contributed by atoms with Crippen LogP contribution in [-0.2, 0) is 4.79 Å². The lowest BCUT2D eigenvalue weighted by molar-refractivity contribution is -0.123. The summed E-state index contributed by atoms with van der Waals surface area (Å²) < 4.78 is 0. The first-order chi connectivity index (χ1) is 6.93. The Labute approximate surface area is 92.0 Å². The molecule has 0 saturated carbocycles. The number of hydrogen-bond acceptors (Lipinski definition) is 3. The Morgan fingerprint density at radius 1 is 1.53 bits per heavy atom. The van der Waals surface area contributed by atoms with Gasteiger partial charge in [0.1, 0.15) is 0 Å². The van der Waals surface area contributed by atoms with Crippen LogP contribution in [0, 0.1) is 0 Å². The second-order valence-corrected chi connectivity index (χ2v) is 4.91. The molecule has 1 heterocycles. The lowest BCUT2D eigenvalue weighted by Crippen LogP contribution is -2.52. The highest BCUT2D eigenvalue weighted by Gasteiger charge is 2.27. The number of primary amides is 1. The number of nitrogens with zero attached hydrogens (tertiary/aromatic N) is 1. The van der Waals surface area contributed by atoms with Gasteiger partial charge in [-0.25, -0.2) is 0 Å². The minimum atomic E-state index is -0.864. The first-order valence-corrected chi connectivity index (χ1v) is 5.76. The Balaban J connectivity index is 2.38. The SMILES string of the molecule is CC1CCCCN1CCC(C)(N)C(N)=O. The van der Waals surface area contributed by atoms with E-state index in [2.05, 4.69) is 11.8 Å². The van der Waals surface area contributed by atoms with E-state index in [1.807, 2.05) is 0 Å². The van der Waals surface area contributed by atoms with Crippen LogP contribution in [0.5, 0.6) is 0 Å². The first-order valence-electron chi connectivity index (χ1n) is 5.76. The molecule has 88 valence electrons. The van der Waals surface area contributed by atoms with Gasteiger partial charge in [-0.1, -0.05) is 6.42 Å². The Bertz CT molecular complexity index is 228. The van der Waals surface area contributed by atoms with Gasteiger partial charge in [0.25, 0.3) is 0 Å². The van der Waals surface area contributed by atoms with Gasteiger partial charge < -0.3 is 16.4 Å². The zero-order valence-corrected chi connectivity index (χ0v) is 9.83. The summed E-state index contributed by atoms with van der Waals surface area (Å²) in [6.07, 6.45) is 4.46. The maximum Gasteiger partial charge on any atom is 0.237 e. The van der Waals surface area contributed by atoms with E-state index >= 15 is 0 Å². The van der Waals surface area contributed by atoms with Crippen LogP contribution in [0.2, 0.25) is 0 Å². The molecular formula is C11H23N3O. The lowest BCUT2D eigenvalue weighted by atomic mass is 9.96. The van der Waals surface area contributed by atoms with Gasteiger partial charge in [0.05, 0.1) is 5.54 Å². The van der Waals surface area contributed by atoms with Crippen LogP contribution in [0.3, 0.4) is 0 Å². The van der Waals surface area contributed by atoms with Gasteiger partial charge in [-0.2, -0.15) is 0 Å². The van der Waals surface area contributed by atoms with Gasteiger partial charge in [-0.05, 0) is 39.7 Å². The molecule has 0 radical (unpaired) electrons. The third-order valence-electron chi connectivity index (χ3n) is 3.42. The molecule has 1 rings (SSSR count). The Morgan fingerprint density at radius 2 is 2.20 bits per heavy atom. The molecule has 1 fully saturated rings. The predicted molar refractivity (Wildman–Crippen MR) is 61.3 cm³/mol. The second kappa shape index (κ2) is 4.94. The molecule has 2 atom stereocenters. The summed E-state index contributed by atoms with van der Waals surface area (Å²) in [6.45, 7) is 5.94. The normalized spacial score (nSPS) is 27.3. The Hall–Kier alpha value is -0.610. The second-order valence-electron chi connectivity index (χ2n) is 4.91. The van der Waals surface area contributed by atoms with Crippen molar-refractivity contribution in [2.24, 2.45) is 11.5 Å². The molecular weight excluding hydrogens is 190 g/mol. The van der Waals surface area contributed by atoms with Crippen molar-refractivity contribution in [2.45, 2.75) is 51.1 Å². The molecule has 4 heteroatoms. The highest BCUT2D eigenvalue weighted by Crippen LogP contribution is 2.18. The minimum absolute atomic E-state index is 0.410. The van der Waals surface area contributed by atoms with Crippen LogP contribution < -0.4 is 11.5 Å². The van der Waals surface area contributed by atoms with E-state index in [0.29, 0.717) is 12.5 Å². The number of nitrogens with two attached hydrogens (primary N) is 2. The molecule has 0 aromatic heterocycles. The fraction of sp³-hybridized carbons (Fsp3) is 0.909. The molecule has 1 aliphatic heterocycles. The van der Waals surface area contributed by atoms with E-state index in [4.69, 9.17) is 11.5 Å². The summed E-state index contributed by atoms with van der Waals surface area (Å²) in [6, 6.07) is 0.613. The number of piperidine rings is 1. The number of hydrogen-bond donors (Lipinski definition) is 2. The zero-order chi connectivity index (χ0) is 11.5. The average molecular weight is 213 g/mol. The molecule has 0 aromatic rings. The molecule has 1 aliphatic rings. The van der Waals surface area contributed by atoms with Crippen LogP contribution in [0.4, 0.5) is 0 Å². The van der Waals surface area contributed by atoms with Gasteiger partial charge in [-0.15, -0.1) is 0 Å². The molecule has 0 aromatic carbocycles. The number of amides is 1. The van der Waals surface area contributed by atoms with E-state index in [-0.39, 0.29) is 0 Å². The quantitative estimate of drug-likeness (QED) is 0.712. The molecule has 15 heavy (non-hydrogen) atoms. The summed E-state index contributed by atoms with van der Waals surface area (Å²) in [4.78, 5) is 13.5. The fourth-order valence-corrected chi connectivity index (χ4v) is 1.99. The highest BCUT2D eigenvalue weighted by molar-refractivity contribution is 5.83.